The van der Waals surface area contributed by atoms with E-state index in [-0.39, 0.29) is 17.2 Å². The van der Waals surface area contributed by atoms with E-state index in [1.54, 1.807) is 12.1 Å². The Morgan fingerprint density at radius 1 is 0.957 bits per heavy atom. The van der Waals surface area contributed by atoms with E-state index in [9.17, 15) is 22.4 Å². The first-order valence-electron chi connectivity index (χ1n) is 6.28. The molecule has 0 heterocycles. The van der Waals surface area contributed by atoms with Crippen molar-refractivity contribution in [2.75, 3.05) is 0 Å². The molecule has 0 saturated heterocycles. The predicted molar refractivity (Wildman–Crippen MR) is 80.0 cm³/mol. The third-order valence-electron chi connectivity index (χ3n) is 2.71. The summed E-state index contributed by atoms with van der Waals surface area (Å²) in [5, 5.41) is 0. The van der Waals surface area contributed by atoms with Crippen LogP contribution in [-0.4, -0.2) is 12.1 Å². The maximum atomic E-state index is 12.9. The van der Waals surface area contributed by atoms with Crippen LogP contribution in [0.25, 0.3) is 5.76 Å². The predicted octanol–water partition coefficient (Wildman–Crippen LogP) is 5.35. The number of carbonyl (C=O) groups is 1. The molecule has 7 heteroatoms. The molecule has 0 spiro atoms. The second-order valence-electron chi connectivity index (χ2n) is 4.45. The van der Waals surface area contributed by atoms with E-state index in [0.717, 1.165) is 24.3 Å². The van der Waals surface area contributed by atoms with E-state index in [1.807, 2.05) is 0 Å². The fourth-order valence-corrected chi connectivity index (χ4v) is 1.94. The highest BCUT2D eigenvalue weighted by molar-refractivity contribution is 9.10. The number of esters is 1. The zero-order valence-electron chi connectivity index (χ0n) is 11.4. The number of carbonyl (C=O) groups excluding carboxylic acids is 1. The topological polar surface area (TPSA) is 26.3 Å². The van der Waals surface area contributed by atoms with Gasteiger partial charge in [-0.1, -0.05) is 15.9 Å². The first-order valence-corrected chi connectivity index (χ1v) is 7.07. The third-order valence-corrected chi connectivity index (χ3v) is 3.23. The molecule has 0 radical (unpaired) electrons. The van der Waals surface area contributed by atoms with Crippen molar-refractivity contribution in [3.8, 4) is 0 Å². The Kier molecular flexibility index (Phi) is 5.20. The van der Waals surface area contributed by atoms with Crippen LogP contribution in [-0.2, 0) is 4.74 Å². The average Bonchev–Trinajstić information content (AvgIpc) is 2.46. The number of rotatable bonds is 3. The SMILES string of the molecule is O=C(O/C(=C/C(F)(F)F)c1ccc(F)cc1)c1ccc(Br)cc1. The molecule has 120 valence electrons. The molecule has 2 nitrogen and oxygen atoms in total. The van der Waals surface area contributed by atoms with E-state index in [2.05, 4.69) is 15.9 Å². The Bertz CT molecular complexity index is 719. The Balaban J connectivity index is 2.31. The maximum Gasteiger partial charge on any atom is 0.413 e. The summed E-state index contributed by atoms with van der Waals surface area (Å²) in [6.45, 7) is 0. The summed E-state index contributed by atoms with van der Waals surface area (Å²) in [7, 11) is 0. The first kappa shape index (κ1) is 17.2. The Hall–Kier alpha value is -2.15. The van der Waals surface area contributed by atoms with Gasteiger partial charge in [0.1, 0.15) is 11.6 Å². The standard InChI is InChI=1S/C16H9BrF4O2/c17-12-5-1-11(2-6-12)15(22)23-14(9-16(19,20)21)10-3-7-13(18)8-4-10/h1-9H/b14-9+. The molecule has 0 fully saturated rings. The van der Waals surface area contributed by atoms with Crippen molar-refractivity contribution in [1.29, 1.82) is 0 Å². The van der Waals surface area contributed by atoms with Gasteiger partial charge in [-0.05, 0) is 48.5 Å². The zero-order valence-corrected chi connectivity index (χ0v) is 13.0. The number of hydrogen-bond acceptors (Lipinski definition) is 2. The minimum absolute atomic E-state index is 0.0609. The Labute approximate surface area is 137 Å². The van der Waals surface area contributed by atoms with Crippen molar-refractivity contribution in [3.05, 3.63) is 76.0 Å². The van der Waals surface area contributed by atoms with Crippen LogP contribution < -0.4 is 0 Å². The van der Waals surface area contributed by atoms with Gasteiger partial charge in [0.15, 0.2) is 0 Å². The van der Waals surface area contributed by atoms with Crippen molar-refractivity contribution in [2.45, 2.75) is 6.18 Å². The van der Waals surface area contributed by atoms with Crippen molar-refractivity contribution in [3.63, 3.8) is 0 Å². The molecule has 0 saturated carbocycles. The number of ether oxygens (including phenoxy) is 1. The second-order valence-corrected chi connectivity index (χ2v) is 5.37. The molecule has 0 aliphatic heterocycles. The lowest BCUT2D eigenvalue weighted by atomic mass is 10.1. The van der Waals surface area contributed by atoms with Gasteiger partial charge in [0.25, 0.3) is 0 Å². The number of hydrogen-bond donors (Lipinski definition) is 0. The van der Waals surface area contributed by atoms with E-state index in [0.29, 0.717) is 4.47 Å². The molecule has 0 unspecified atom stereocenters. The van der Waals surface area contributed by atoms with Gasteiger partial charge >= 0.3 is 12.1 Å². The number of benzene rings is 2. The summed E-state index contributed by atoms with van der Waals surface area (Å²) in [6.07, 6.45) is -4.83. The molecule has 0 bridgehead atoms. The molecule has 0 aliphatic rings. The van der Waals surface area contributed by atoms with Gasteiger partial charge < -0.3 is 4.74 Å². The normalized spacial score (nSPS) is 12.1. The summed E-state index contributed by atoms with van der Waals surface area (Å²) in [5.41, 5.74) is 0.0255. The highest BCUT2D eigenvalue weighted by Gasteiger charge is 2.27. The lowest BCUT2D eigenvalue weighted by Gasteiger charge is -2.11. The molecule has 2 aromatic rings. The van der Waals surface area contributed by atoms with Gasteiger partial charge in [-0.2, -0.15) is 13.2 Å². The largest absolute Gasteiger partial charge is 0.422 e. The van der Waals surface area contributed by atoms with E-state index in [1.165, 1.54) is 12.1 Å². The monoisotopic (exact) mass is 388 g/mol. The summed E-state index contributed by atoms with van der Waals surface area (Å²) < 4.78 is 56.3. The first-order chi connectivity index (χ1) is 10.7. The maximum absolute atomic E-state index is 12.9. The van der Waals surface area contributed by atoms with Crippen LogP contribution in [0.15, 0.2) is 59.1 Å². The summed E-state index contributed by atoms with van der Waals surface area (Å²) in [5.74, 6) is -2.26. The lowest BCUT2D eigenvalue weighted by Crippen LogP contribution is -2.09. The fourth-order valence-electron chi connectivity index (χ4n) is 1.68. The molecule has 23 heavy (non-hydrogen) atoms. The lowest BCUT2D eigenvalue weighted by molar-refractivity contribution is -0.0802. The zero-order chi connectivity index (χ0) is 17.0. The van der Waals surface area contributed by atoms with E-state index >= 15 is 0 Å². The molecule has 0 atom stereocenters. The van der Waals surface area contributed by atoms with Gasteiger partial charge in [0, 0.05) is 10.0 Å². The molecule has 2 aromatic carbocycles. The van der Waals surface area contributed by atoms with Crippen LogP contribution in [0.2, 0.25) is 0 Å². The average molecular weight is 389 g/mol. The van der Waals surface area contributed by atoms with Crippen LogP contribution in [0, 0.1) is 5.82 Å². The molecular formula is C16H9BrF4O2. The molecule has 0 N–H and O–H groups in total. The molecular weight excluding hydrogens is 380 g/mol. The van der Waals surface area contributed by atoms with Gasteiger partial charge in [-0.15, -0.1) is 0 Å². The molecule has 2 rings (SSSR count). The Morgan fingerprint density at radius 3 is 2.00 bits per heavy atom. The highest BCUT2D eigenvalue weighted by Crippen LogP contribution is 2.26. The minimum atomic E-state index is -4.69. The van der Waals surface area contributed by atoms with Crippen molar-refractivity contribution >= 4 is 27.7 Å². The number of allylic oxidation sites excluding steroid dienone is 1. The van der Waals surface area contributed by atoms with Crippen molar-refractivity contribution in [2.24, 2.45) is 0 Å². The summed E-state index contributed by atoms with van der Waals surface area (Å²) in [4.78, 5) is 12.0. The summed E-state index contributed by atoms with van der Waals surface area (Å²) >= 11 is 3.18. The quantitative estimate of drug-likeness (QED) is 0.402. The molecule has 0 amide bonds. The molecule has 0 aliphatic carbocycles. The fraction of sp³-hybridized carbons (Fsp3) is 0.0625. The van der Waals surface area contributed by atoms with Gasteiger partial charge in [-0.25, -0.2) is 9.18 Å². The van der Waals surface area contributed by atoms with Crippen molar-refractivity contribution < 1.29 is 27.1 Å². The van der Waals surface area contributed by atoms with Crippen LogP contribution in [0.4, 0.5) is 17.6 Å². The highest BCUT2D eigenvalue weighted by atomic mass is 79.9. The van der Waals surface area contributed by atoms with Gasteiger partial charge in [0.2, 0.25) is 0 Å². The summed E-state index contributed by atoms with van der Waals surface area (Å²) in [6, 6.07) is 10.1. The van der Waals surface area contributed by atoms with Crippen LogP contribution in [0.1, 0.15) is 15.9 Å². The van der Waals surface area contributed by atoms with Gasteiger partial charge in [0.05, 0.1) is 11.6 Å². The van der Waals surface area contributed by atoms with Crippen LogP contribution in [0.3, 0.4) is 0 Å². The van der Waals surface area contributed by atoms with E-state index in [4.69, 9.17) is 4.74 Å². The van der Waals surface area contributed by atoms with Crippen LogP contribution in [0.5, 0.6) is 0 Å². The number of alkyl halides is 3. The molecule has 0 aromatic heterocycles. The third kappa shape index (κ3) is 5.21. The number of halogens is 5. The van der Waals surface area contributed by atoms with Crippen LogP contribution >= 0.6 is 15.9 Å². The van der Waals surface area contributed by atoms with Crippen molar-refractivity contribution in [1.82, 2.24) is 0 Å². The minimum Gasteiger partial charge on any atom is -0.422 e. The smallest absolute Gasteiger partial charge is 0.413 e. The second kappa shape index (κ2) is 6.95. The Morgan fingerprint density at radius 2 is 1.48 bits per heavy atom. The van der Waals surface area contributed by atoms with E-state index < -0.39 is 23.7 Å². The van der Waals surface area contributed by atoms with Gasteiger partial charge in [-0.3, -0.25) is 0 Å².